The van der Waals surface area contributed by atoms with Crippen molar-refractivity contribution >= 4 is 9.84 Å². The number of rotatable bonds is 6. The van der Waals surface area contributed by atoms with E-state index in [2.05, 4.69) is 0 Å². The third-order valence-corrected chi connectivity index (χ3v) is 5.38. The van der Waals surface area contributed by atoms with Crippen LogP contribution in [0.4, 0.5) is 0 Å². The first kappa shape index (κ1) is 17.4. The largest absolute Gasteiger partial charge is 0.381 e. The average molecular weight is 335 g/mol. The SMILES string of the molecule is CCOCCS(=O)(=O)c1ccccc1-c1cn(C)c(=O)cc1C. The molecule has 0 N–H and O–H groups in total. The number of benzene rings is 1. The van der Waals surface area contributed by atoms with Crippen molar-refractivity contribution in [2.45, 2.75) is 18.7 Å². The predicted octanol–water partition coefficient (Wildman–Crippen LogP) is 2.17. The lowest BCUT2D eigenvalue weighted by molar-refractivity contribution is 0.163. The molecule has 0 saturated carbocycles. The van der Waals surface area contributed by atoms with E-state index in [9.17, 15) is 13.2 Å². The predicted molar refractivity (Wildman–Crippen MR) is 90.4 cm³/mol. The molecule has 0 radical (unpaired) electrons. The maximum Gasteiger partial charge on any atom is 0.250 e. The molecule has 0 aliphatic carbocycles. The topological polar surface area (TPSA) is 65.4 Å². The van der Waals surface area contributed by atoms with Gasteiger partial charge in [-0.15, -0.1) is 0 Å². The smallest absolute Gasteiger partial charge is 0.250 e. The first-order valence-electron chi connectivity index (χ1n) is 7.44. The second-order valence-corrected chi connectivity index (χ2v) is 7.41. The Bertz CT molecular complexity index is 853. The first-order chi connectivity index (χ1) is 10.9. The molecule has 23 heavy (non-hydrogen) atoms. The van der Waals surface area contributed by atoms with E-state index in [4.69, 9.17) is 4.74 Å². The Hall–Kier alpha value is -1.92. The monoisotopic (exact) mass is 335 g/mol. The fourth-order valence-corrected chi connectivity index (χ4v) is 3.75. The summed E-state index contributed by atoms with van der Waals surface area (Å²) in [6, 6.07) is 8.37. The molecule has 0 atom stereocenters. The minimum absolute atomic E-state index is 0.0668. The van der Waals surface area contributed by atoms with Crippen LogP contribution in [0.5, 0.6) is 0 Å². The third kappa shape index (κ3) is 3.89. The maximum absolute atomic E-state index is 12.6. The zero-order chi connectivity index (χ0) is 17.0. The highest BCUT2D eigenvalue weighted by atomic mass is 32.2. The van der Waals surface area contributed by atoms with Gasteiger partial charge in [0.1, 0.15) is 0 Å². The Morgan fingerprint density at radius 3 is 2.57 bits per heavy atom. The number of hydrogen-bond donors (Lipinski definition) is 0. The normalized spacial score (nSPS) is 11.6. The lowest BCUT2D eigenvalue weighted by Gasteiger charge is -2.13. The average Bonchev–Trinajstić information content (AvgIpc) is 2.51. The fourth-order valence-electron chi connectivity index (χ4n) is 2.39. The molecule has 0 bridgehead atoms. The van der Waals surface area contributed by atoms with Crippen molar-refractivity contribution in [1.82, 2.24) is 4.57 Å². The molecule has 1 heterocycles. The lowest BCUT2D eigenvalue weighted by Crippen LogP contribution is -2.17. The van der Waals surface area contributed by atoms with Gasteiger partial charge >= 0.3 is 0 Å². The Balaban J connectivity index is 2.54. The van der Waals surface area contributed by atoms with Crippen molar-refractivity contribution in [3.05, 3.63) is 52.4 Å². The van der Waals surface area contributed by atoms with Gasteiger partial charge in [0.15, 0.2) is 9.84 Å². The molecule has 0 unspecified atom stereocenters. The highest BCUT2D eigenvalue weighted by molar-refractivity contribution is 7.91. The Morgan fingerprint density at radius 2 is 1.87 bits per heavy atom. The second-order valence-electron chi connectivity index (χ2n) is 5.33. The van der Waals surface area contributed by atoms with E-state index >= 15 is 0 Å². The summed E-state index contributed by atoms with van der Waals surface area (Å²) in [6.45, 7) is 4.28. The van der Waals surface area contributed by atoms with Gasteiger partial charge in [0.2, 0.25) is 0 Å². The van der Waals surface area contributed by atoms with Gasteiger partial charge in [-0.05, 0) is 25.5 Å². The van der Waals surface area contributed by atoms with Crippen LogP contribution in [0.2, 0.25) is 0 Å². The van der Waals surface area contributed by atoms with Crippen molar-refractivity contribution in [3.8, 4) is 11.1 Å². The molecule has 5 nitrogen and oxygen atoms in total. The minimum Gasteiger partial charge on any atom is -0.381 e. The van der Waals surface area contributed by atoms with Crippen molar-refractivity contribution < 1.29 is 13.2 Å². The van der Waals surface area contributed by atoms with Gasteiger partial charge in [-0.1, -0.05) is 18.2 Å². The quantitative estimate of drug-likeness (QED) is 0.759. The van der Waals surface area contributed by atoms with Crippen LogP contribution in [0.25, 0.3) is 11.1 Å². The van der Waals surface area contributed by atoms with Crippen molar-refractivity contribution in [2.75, 3.05) is 19.0 Å². The van der Waals surface area contributed by atoms with Crippen LogP contribution in [-0.4, -0.2) is 32.0 Å². The Morgan fingerprint density at radius 1 is 1.17 bits per heavy atom. The van der Waals surface area contributed by atoms with E-state index in [1.54, 1.807) is 44.4 Å². The van der Waals surface area contributed by atoms with Gasteiger partial charge in [-0.3, -0.25) is 4.79 Å². The molecule has 1 aromatic heterocycles. The van der Waals surface area contributed by atoms with Gasteiger partial charge in [0.05, 0.1) is 17.3 Å². The Kier molecular flexibility index (Phi) is 5.38. The molecule has 0 spiro atoms. The molecule has 124 valence electrons. The summed E-state index contributed by atoms with van der Waals surface area (Å²) in [4.78, 5) is 12.0. The zero-order valence-electron chi connectivity index (χ0n) is 13.6. The molecule has 2 aromatic rings. The number of ether oxygens (including phenoxy) is 1. The van der Waals surface area contributed by atoms with E-state index in [0.717, 1.165) is 11.1 Å². The fraction of sp³-hybridized carbons (Fsp3) is 0.353. The van der Waals surface area contributed by atoms with Crippen molar-refractivity contribution in [3.63, 3.8) is 0 Å². The molecule has 0 fully saturated rings. The third-order valence-electron chi connectivity index (χ3n) is 3.65. The molecular weight excluding hydrogens is 314 g/mol. The van der Waals surface area contributed by atoms with E-state index in [1.165, 1.54) is 10.6 Å². The van der Waals surface area contributed by atoms with Crippen LogP contribution < -0.4 is 5.56 Å². The number of sulfone groups is 1. The Labute approximate surface area is 136 Å². The van der Waals surface area contributed by atoms with E-state index in [-0.39, 0.29) is 22.8 Å². The summed E-state index contributed by atoms with van der Waals surface area (Å²) >= 11 is 0. The molecule has 0 aliphatic heterocycles. The van der Waals surface area contributed by atoms with E-state index < -0.39 is 9.84 Å². The first-order valence-corrected chi connectivity index (χ1v) is 9.09. The van der Waals surface area contributed by atoms with Gasteiger partial charge in [0.25, 0.3) is 5.56 Å². The summed E-state index contributed by atoms with van der Waals surface area (Å²) < 4.78 is 31.9. The summed E-state index contributed by atoms with van der Waals surface area (Å²) in [7, 11) is -1.81. The molecule has 6 heteroatoms. The second kappa shape index (κ2) is 7.10. The number of aromatic nitrogens is 1. The van der Waals surface area contributed by atoms with Gasteiger partial charge in [0, 0.05) is 37.0 Å². The molecule has 2 rings (SSSR count). The minimum atomic E-state index is -3.46. The van der Waals surface area contributed by atoms with Gasteiger partial charge < -0.3 is 9.30 Å². The van der Waals surface area contributed by atoms with Crippen LogP contribution in [0, 0.1) is 6.92 Å². The molecular formula is C17H21NO4S. The molecule has 0 saturated heterocycles. The van der Waals surface area contributed by atoms with Crippen molar-refractivity contribution in [1.29, 1.82) is 0 Å². The highest BCUT2D eigenvalue weighted by Gasteiger charge is 2.20. The van der Waals surface area contributed by atoms with E-state index in [1.807, 2.05) is 6.92 Å². The summed E-state index contributed by atoms with van der Waals surface area (Å²) in [5, 5.41) is 0. The van der Waals surface area contributed by atoms with Gasteiger partial charge in [-0.25, -0.2) is 8.42 Å². The van der Waals surface area contributed by atoms with Crippen LogP contribution >= 0.6 is 0 Å². The number of nitrogens with zero attached hydrogens (tertiary/aromatic N) is 1. The summed E-state index contributed by atoms with van der Waals surface area (Å²) in [5.41, 5.74) is 1.98. The summed E-state index contributed by atoms with van der Waals surface area (Å²) in [6.07, 6.45) is 1.68. The van der Waals surface area contributed by atoms with Crippen LogP contribution in [0.15, 0.2) is 46.2 Å². The number of pyridine rings is 1. The highest BCUT2D eigenvalue weighted by Crippen LogP contribution is 2.29. The lowest BCUT2D eigenvalue weighted by atomic mass is 10.0. The van der Waals surface area contributed by atoms with Crippen LogP contribution in [0.3, 0.4) is 0 Å². The summed E-state index contributed by atoms with van der Waals surface area (Å²) in [5.74, 6) is -0.0668. The van der Waals surface area contributed by atoms with Crippen molar-refractivity contribution in [2.24, 2.45) is 7.05 Å². The zero-order valence-corrected chi connectivity index (χ0v) is 14.4. The van der Waals surface area contributed by atoms with Gasteiger partial charge in [-0.2, -0.15) is 0 Å². The van der Waals surface area contributed by atoms with E-state index in [0.29, 0.717) is 12.2 Å². The number of aryl methyl sites for hydroxylation is 2. The number of hydrogen-bond acceptors (Lipinski definition) is 4. The standard InChI is InChI=1S/C17H21NO4S/c1-4-22-9-10-23(20,21)16-8-6-5-7-14(16)15-12-18(3)17(19)11-13(15)2/h5-8,11-12H,4,9-10H2,1-3H3. The molecule has 0 amide bonds. The molecule has 1 aromatic carbocycles. The maximum atomic E-state index is 12.6. The van der Waals surface area contributed by atoms with Crippen LogP contribution in [0.1, 0.15) is 12.5 Å². The molecule has 0 aliphatic rings. The van der Waals surface area contributed by atoms with Crippen LogP contribution in [-0.2, 0) is 21.6 Å².